The zero-order valence-electron chi connectivity index (χ0n) is 10.2. The molecule has 0 bridgehead atoms. The maximum absolute atomic E-state index is 12.3. The maximum atomic E-state index is 12.3. The first-order chi connectivity index (χ1) is 7.53. The van der Waals surface area contributed by atoms with Crippen molar-refractivity contribution in [2.24, 2.45) is 11.3 Å². The molecule has 2 rings (SSSR count). The fourth-order valence-electron chi connectivity index (χ4n) is 2.40. The summed E-state index contributed by atoms with van der Waals surface area (Å²) in [7, 11) is 0. The van der Waals surface area contributed by atoms with Crippen LogP contribution < -0.4 is 5.32 Å². The third-order valence-electron chi connectivity index (χ3n) is 3.76. The summed E-state index contributed by atoms with van der Waals surface area (Å²) >= 11 is 0. The number of rotatable bonds is 3. The highest BCUT2D eigenvalue weighted by molar-refractivity contribution is 5.82. The zero-order chi connectivity index (χ0) is 11.8. The molecule has 4 nitrogen and oxygen atoms in total. The number of aliphatic hydroxyl groups excluding tert-OH is 1. The van der Waals surface area contributed by atoms with Crippen LogP contribution in [0.4, 0.5) is 0 Å². The molecule has 16 heavy (non-hydrogen) atoms. The van der Waals surface area contributed by atoms with Crippen molar-refractivity contribution in [3.05, 3.63) is 0 Å². The van der Waals surface area contributed by atoms with Crippen molar-refractivity contribution in [1.29, 1.82) is 0 Å². The van der Waals surface area contributed by atoms with Gasteiger partial charge in [0.05, 0.1) is 11.5 Å². The monoisotopic (exact) mass is 226 g/mol. The number of amides is 1. The molecule has 1 saturated carbocycles. The number of carbonyl (C=O) groups is 1. The molecule has 0 aromatic carbocycles. The van der Waals surface area contributed by atoms with Crippen LogP contribution in [0.3, 0.4) is 0 Å². The van der Waals surface area contributed by atoms with Crippen LogP contribution in [0.5, 0.6) is 0 Å². The SMILES string of the molecule is CC(C)(C(=O)N1CCNCC1)C(O)C1CC1. The van der Waals surface area contributed by atoms with Crippen LogP contribution in [0, 0.1) is 11.3 Å². The number of aliphatic hydroxyl groups is 1. The molecule has 1 heterocycles. The van der Waals surface area contributed by atoms with E-state index in [0.717, 1.165) is 39.0 Å². The van der Waals surface area contributed by atoms with E-state index in [2.05, 4.69) is 5.32 Å². The van der Waals surface area contributed by atoms with Crippen molar-refractivity contribution in [3.8, 4) is 0 Å². The van der Waals surface area contributed by atoms with Crippen LogP contribution >= 0.6 is 0 Å². The Morgan fingerprint density at radius 1 is 1.38 bits per heavy atom. The van der Waals surface area contributed by atoms with Gasteiger partial charge in [-0.1, -0.05) is 0 Å². The summed E-state index contributed by atoms with van der Waals surface area (Å²) in [5.41, 5.74) is -0.626. The minimum atomic E-state index is -0.626. The molecule has 1 aliphatic carbocycles. The first-order valence-electron chi connectivity index (χ1n) is 6.21. The summed E-state index contributed by atoms with van der Waals surface area (Å²) in [5, 5.41) is 13.4. The fourth-order valence-corrected chi connectivity index (χ4v) is 2.40. The molecule has 2 aliphatic rings. The Morgan fingerprint density at radius 2 is 1.94 bits per heavy atom. The van der Waals surface area contributed by atoms with Crippen molar-refractivity contribution in [1.82, 2.24) is 10.2 Å². The summed E-state index contributed by atoms with van der Waals surface area (Å²) in [6.07, 6.45) is 1.66. The molecule has 1 saturated heterocycles. The summed E-state index contributed by atoms with van der Waals surface area (Å²) in [5.74, 6) is 0.454. The molecular weight excluding hydrogens is 204 g/mol. The van der Waals surface area contributed by atoms with Gasteiger partial charge in [-0.05, 0) is 32.6 Å². The van der Waals surface area contributed by atoms with Crippen molar-refractivity contribution >= 4 is 5.91 Å². The topological polar surface area (TPSA) is 52.6 Å². The first kappa shape index (κ1) is 11.9. The molecule has 0 aromatic rings. The number of hydrogen-bond donors (Lipinski definition) is 2. The van der Waals surface area contributed by atoms with Crippen molar-refractivity contribution in [2.75, 3.05) is 26.2 Å². The Balaban J connectivity index is 2.00. The normalized spacial score (nSPS) is 24.3. The van der Waals surface area contributed by atoms with Gasteiger partial charge in [0.15, 0.2) is 0 Å². The molecule has 0 aromatic heterocycles. The van der Waals surface area contributed by atoms with Crippen molar-refractivity contribution in [2.45, 2.75) is 32.8 Å². The summed E-state index contributed by atoms with van der Waals surface area (Å²) in [6.45, 7) is 7.00. The molecule has 1 amide bonds. The van der Waals surface area contributed by atoms with E-state index in [1.807, 2.05) is 18.7 Å². The zero-order valence-corrected chi connectivity index (χ0v) is 10.2. The molecule has 1 atom stereocenters. The first-order valence-corrected chi connectivity index (χ1v) is 6.21. The molecule has 0 spiro atoms. The third kappa shape index (κ3) is 2.23. The van der Waals surface area contributed by atoms with Gasteiger partial charge in [0.1, 0.15) is 0 Å². The van der Waals surface area contributed by atoms with E-state index in [9.17, 15) is 9.90 Å². The lowest BCUT2D eigenvalue weighted by Crippen LogP contribution is -2.53. The van der Waals surface area contributed by atoms with E-state index in [1.54, 1.807) is 0 Å². The van der Waals surface area contributed by atoms with E-state index >= 15 is 0 Å². The highest BCUT2D eigenvalue weighted by Crippen LogP contribution is 2.41. The second-order valence-electron chi connectivity index (χ2n) is 5.55. The van der Waals surface area contributed by atoms with E-state index in [-0.39, 0.29) is 5.91 Å². The molecule has 92 valence electrons. The highest BCUT2D eigenvalue weighted by Gasteiger charge is 2.46. The number of carbonyl (C=O) groups excluding carboxylic acids is 1. The lowest BCUT2D eigenvalue weighted by Gasteiger charge is -2.37. The average Bonchev–Trinajstić information content (AvgIpc) is 3.12. The van der Waals surface area contributed by atoms with Gasteiger partial charge in [-0.25, -0.2) is 0 Å². The van der Waals surface area contributed by atoms with Gasteiger partial charge in [0.25, 0.3) is 0 Å². The van der Waals surface area contributed by atoms with Gasteiger partial charge in [-0.15, -0.1) is 0 Å². The second-order valence-corrected chi connectivity index (χ2v) is 5.55. The van der Waals surface area contributed by atoms with Gasteiger partial charge in [0, 0.05) is 26.2 Å². The number of piperazine rings is 1. The molecule has 1 aliphatic heterocycles. The molecule has 4 heteroatoms. The number of nitrogens with zero attached hydrogens (tertiary/aromatic N) is 1. The van der Waals surface area contributed by atoms with Crippen molar-refractivity contribution in [3.63, 3.8) is 0 Å². The van der Waals surface area contributed by atoms with E-state index < -0.39 is 11.5 Å². The van der Waals surface area contributed by atoms with Gasteiger partial charge < -0.3 is 15.3 Å². The molecular formula is C12H22N2O2. The minimum absolute atomic E-state index is 0.105. The summed E-state index contributed by atoms with van der Waals surface area (Å²) in [4.78, 5) is 14.2. The van der Waals surface area contributed by atoms with E-state index in [1.165, 1.54) is 0 Å². The van der Waals surface area contributed by atoms with Crippen LogP contribution in [0.15, 0.2) is 0 Å². The number of nitrogens with one attached hydrogen (secondary N) is 1. The summed E-state index contributed by atoms with van der Waals surface area (Å²) in [6, 6.07) is 0. The predicted octanol–water partition coefficient (Wildman–Crippen LogP) is 0.215. The van der Waals surface area contributed by atoms with Gasteiger partial charge >= 0.3 is 0 Å². The fraction of sp³-hybridized carbons (Fsp3) is 0.917. The standard InChI is InChI=1S/C12H22N2O2/c1-12(2,10(15)9-3-4-9)11(16)14-7-5-13-6-8-14/h9-10,13,15H,3-8H2,1-2H3. The molecule has 2 N–H and O–H groups in total. The Bertz CT molecular complexity index is 268. The van der Waals surface area contributed by atoms with Crippen molar-refractivity contribution < 1.29 is 9.90 Å². The number of hydrogen-bond acceptors (Lipinski definition) is 3. The Morgan fingerprint density at radius 3 is 2.44 bits per heavy atom. The Labute approximate surface area is 97.0 Å². The lowest BCUT2D eigenvalue weighted by atomic mass is 9.82. The van der Waals surface area contributed by atoms with E-state index in [0.29, 0.717) is 5.92 Å². The Kier molecular flexibility index (Phi) is 3.22. The maximum Gasteiger partial charge on any atom is 0.230 e. The van der Waals surface area contributed by atoms with Gasteiger partial charge in [0.2, 0.25) is 5.91 Å². The third-order valence-corrected chi connectivity index (χ3v) is 3.76. The predicted molar refractivity (Wildman–Crippen MR) is 62.0 cm³/mol. The van der Waals surface area contributed by atoms with Crippen LogP contribution in [0.25, 0.3) is 0 Å². The largest absolute Gasteiger partial charge is 0.392 e. The molecule has 1 unspecified atom stereocenters. The highest BCUT2D eigenvalue weighted by atomic mass is 16.3. The van der Waals surface area contributed by atoms with E-state index in [4.69, 9.17) is 0 Å². The van der Waals surface area contributed by atoms with Crippen LogP contribution in [-0.4, -0.2) is 48.2 Å². The summed E-state index contributed by atoms with van der Waals surface area (Å²) < 4.78 is 0. The van der Waals surface area contributed by atoms with Gasteiger partial charge in [-0.3, -0.25) is 4.79 Å². The van der Waals surface area contributed by atoms with Crippen LogP contribution in [0.2, 0.25) is 0 Å². The average molecular weight is 226 g/mol. The smallest absolute Gasteiger partial charge is 0.230 e. The van der Waals surface area contributed by atoms with Crippen LogP contribution in [0.1, 0.15) is 26.7 Å². The quantitative estimate of drug-likeness (QED) is 0.723. The molecule has 2 fully saturated rings. The lowest BCUT2D eigenvalue weighted by molar-refractivity contribution is -0.148. The minimum Gasteiger partial charge on any atom is -0.392 e. The Hall–Kier alpha value is -0.610. The van der Waals surface area contributed by atoms with Gasteiger partial charge in [-0.2, -0.15) is 0 Å². The molecule has 0 radical (unpaired) electrons. The second kappa shape index (κ2) is 4.34. The van der Waals surface area contributed by atoms with Crippen LogP contribution in [-0.2, 0) is 4.79 Å².